The van der Waals surface area contributed by atoms with Gasteiger partial charge >= 0.3 is 0 Å². The highest BCUT2D eigenvalue weighted by Gasteiger charge is 2.18. The van der Waals surface area contributed by atoms with Gasteiger partial charge < -0.3 is 5.73 Å². The van der Waals surface area contributed by atoms with Crippen molar-refractivity contribution in [1.82, 2.24) is 0 Å². The predicted molar refractivity (Wildman–Crippen MR) is 40.1 cm³/mol. The van der Waals surface area contributed by atoms with Crippen molar-refractivity contribution in [2.75, 3.05) is 6.54 Å². The van der Waals surface area contributed by atoms with Crippen molar-refractivity contribution in [3.8, 4) is 6.07 Å². The maximum atomic E-state index is 8.57. The molecular weight excluding hydrogens is 124 g/mol. The average molecular weight is 138 g/mol. The Morgan fingerprint density at radius 1 is 1.30 bits per heavy atom. The Labute approximate surface area is 62.0 Å². The third kappa shape index (κ3) is 1.71. The average Bonchev–Trinajstić information content (AvgIpc) is 2.05. The molecule has 0 aromatic heterocycles. The number of hydrogen-bond acceptors (Lipinski definition) is 2. The van der Waals surface area contributed by atoms with Gasteiger partial charge in [-0.15, -0.1) is 0 Å². The molecule has 0 saturated heterocycles. The first-order chi connectivity index (χ1) is 4.86. The van der Waals surface area contributed by atoms with Gasteiger partial charge in [-0.3, -0.25) is 0 Å². The maximum Gasteiger partial charge on any atom is 0.0655 e. The highest BCUT2D eigenvalue weighted by atomic mass is 14.5. The van der Waals surface area contributed by atoms with E-state index in [9.17, 15) is 0 Å². The molecule has 0 bridgehead atoms. The molecule has 1 aliphatic carbocycles. The molecule has 2 N–H and O–H groups in total. The second-order valence-corrected chi connectivity index (χ2v) is 3.08. The molecule has 0 spiro atoms. The first kappa shape index (κ1) is 7.56. The van der Waals surface area contributed by atoms with Crippen LogP contribution in [-0.4, -0.2) is 6.54 Å². The van der Waals surface area contributed by atoms with Crippen LogP contribution in [0.4, 0.5) is 0 Å². The van der Waals surface area contributed by atoms with Gasteiger partial charge in [-0.1, -0.05) is 0 Å². The molecule has 0 aliphatic heterocycles. The second kappa shape index (κ2) is 3.58. The Morgan fingerprint density at radius 3 is 2.30 bits per heavy atom. The molecule has 0 amide bonds. The van der Waals surface area contributed by atoms with E-state index in [1.165, 1.54) is 0 Å². The minimum atomic E-state index is 0.322. The van der Waals surface area contributed by atoms with Gasteiger partial charge in [-0.2, -0.15) is 5.26 Å². The van der Waals surface area contributed by atoms with Gasteiger partial charge in [0.15, 0.2) is 0 Å². The summed E-state index contributed by atoms with van der Waals surface area (Å²) in [6, 6.07) is 2.31. The lowest BCUT2D eigenvalue weighted by molar-refractivity contribution is 0.321. The van der Waals surface area contributed by atoms with Crippen LogP contribution in [0.25, 0.3) is 0 Å². The summed E-state index contributed by atoms with van der Waals surface area (Å²) in [5.41, 5.74) is 5.51. The molecule has 1 saturated carbocycles. The van der Waals surface area contributed by atoms with Crippen LogP contribution in [0.3, 0.4) is 0 Å². The standard InChI is InChI=1S/C8H14N2/c9-5-7-1-2-8(6-10)4-3-7/h7-8H,1-5,9H2/t7-,8-. The second-order valence-electron chi connectivity index (χ2n) is 3.08. The minimum absolute atomic E-state index is 0.322. The third-order valence-electron chi connectivity index (χ3n) is 2.36. The summed E-state index contributed by atoms with van der Waals surface area (Å²) in [6.07, 6.45) is 4.46. The van der Waals surface area contributed by atoms with E-state index in [0.29, 0.717) is 11.8 Å². The molecule has 1 rings (SSSR count). The molecule has 0 atom stereocenters. The lowest BCUT2D eigenvalue weighted by atomic mass is 9.83. The van der Waals surface area contributed by atoms with E-state index in [1.807, 2.05) is 0 Å². The fraction of sp³-hybridized carbons (Fsp3) is 0.875. The zero-order chi connectivity index (χ0) is 7.40. The molecule has 56 valence electrons. The SMILES string of the molecule is N#C[C@H]1CC[C@H](CN)CC1. The van der Waals surface area contributed by atoms with E-state index in [4.69, 9.17) is 11.0 Å². The van der Waals surface area contributed by atoms with Gasteiger partial charge in [0.1, 0.15) is 0 Å². The monoisotopic (exact) mass is 138 g/mol. The van der Waals surface area contributed by atoms with Crippen molar-refractivity contribution in [2.45, 2.75) is 25.7 Å². The topological polar surface area (TPSA) is 49.8 Å². The highest BCUT2D eigenvalue weighted by Crippen LogP contribution is 2.27. The van der Waals surface area contributed by atoms with Crippen molar-refractivity contribution in [3.63, 3.8) is 0 Å². The van der Waals surface area contributed by atoms with Crippen molar-refractivity contribution in [3.05, 3.63) is 0 Å². The number of nitrogens with zero attached hydrogens (tertiary/aromatic N) is 1. The van der Waals surface area contributed by atoms with Gasteiger partial charge in [-0.25, -0.2) is 0 Å². The fourth-order valence-electron chi connectivity index (χ4n) is 1.53. The summed E-state index contributed by atoms with van der Waals surface area (Å²) < 4.78 is 0. The van der Waals surface area contributed by atoms with Crippen LogP contribution >= 0.6 is 0 Å². The molecule has 2 nitrogen and oxygen atoms in total. The molecule has 0 unspecified atom stereocenters. The van der Waals surface area contributed by atoms with E-state index in [-0.39, 0.29) is 0 Å². The van der Waals surface area contributed by atoms with Crippen LogP contribution in [-0.2, 0) is 0 Å². The van der Waals surface area contributed by atoms with Gasteiger partial charge in [0, 0.05) is 5.92 Å². The first-order valence-corrected chi connectivity index (χ1v) is 3.96. The molecule has 0 aromatic rings. The van der Waals surface area contributed by atoms with Gasteiger partial charge in [0.25, 0.3) is 0 Å². The quantitative estimate of drug-likeness (QED) is 0.593. The van der Waals surface area contributed by atoms with Crippen molar-refractivity contribution >= 4 is 0 Å². The summed E-state index contributed by atoms with van der Waals surface area (Å²) in [5.74, 6) is 1.02. The largest absolute Gasteiger partial charge is 0.330 e. The lowest BCUT2D eigenvalue weighted by Gasteiger charge is -2.22. The summed E-state index contributed by atoms with van der Waals surface area (Å²) in [4.78, 5) is 0. The van der Waals surface area contributed by atoms with Crippen LogP contribution in [0, 0.1) is 23.2 Å². The zero-order valence-electron chi connectivity index (χ0n) is 6.21. The Hall–Kier alpha value is -0.550. The normalized spacial score (nSPS) is 33.2. The van der Waals surface area contributed by atoms with Crippen LogP contribution in [0.15, 0.2) is 0 Å². The van der Waals surface area contributed by atoms with E-state index in [0.717, 1.165) is 32.2 Å². The number of nitrogens with two attached hydrogens (primary N) is 1. The summed E-state index contributed by atoms with van der Waals surface area (Å²) in [6.45, 7) is 0.804. The van der Waals surface area contributed by atoms with Crippen LogP contribution < -0.4 is 5.73 Å². The number of nitriles is 1. The van der Waals surface area contributed by atoms with E-state index in [2.05, 4.69) is 6.07 Å². The predicted octanol–water partition coefficient (Wildman–Crippen LogP) is 1.28. The first-order valence-electron chi connectivity index (χ1n) is 3.96. The molecule has 2 heteroatoms. The zero-order valence-corrected chi connectivity index (χ0v) is 6.21. The van der Waals surface area contributed by atoms with Crippen LogP contribution in [0.2, 0.25) is 0 Å². The third-order valence-corrected chi connectivity index (χ3v) is 2.36. The Balaban J connectivity index is 2.25. The molecule has 0 radical (unpaired) electrons. The molecule has 1 fully saturated rings. The van der Waals surface area contributed by atoms with E-state index in [1.54, 1.807) is 0 Å². The molecule has 0 heterocycles. The minimum Gasteiger partial charge on any atom is -0.330 e. The molecule has 1 aliphatic rings. The Kier molecular flexibility index (Phi) is 2.70. The fourth-order valence-corrected chi connectivity index (χ4v) is 1.53. The Bertz CT molecular complexity index is 129. The molecule has 0 aromatic carbocycles. The van der Waals surface area contributed by atoms with Crippen molar-refractivity contribution < 1.29 is 0 Å². The molecular formula is C8H14N2. The van der Waals surface area contributed by atoms with Gasteiger partial charge in [0.2, 0.25) is 0 Å². The summed E-state index contributed by atoms with van der Waals surface area (Å²) >= 11 is 0. The van der Waals surface area contributed by atoms with Crippen LogP contribution in [0.1, 0.15) is 25.7 Å². The van der Waals surface area contributed by atoms with Gasteiger partial charge in [-0.05, 0) is 38.1 Å². The van der Waals surface area contributed by atoms with E-state index < -0.39 is 0 Å². The summed E-state index contributed by atoms with van der Waals surface area (Å²) in [7, 11) is 0. The lowest BCUT2D eigenvalue weighted by Crippen LogP contribution is -2.20. The molecule has 10 heavy (non-hydrogen) atoms. The van der Waals surface area contributed by atoms with Crippen molar-refractivity contribution in [2.24, 2.45) is 17.6 Å². The smallest absolute Gasteiger partial charge is 0.0655 e. The number of rotatable bonds is 1. The van der Waals surface area contributed by atoms with Crippen molar-refractivity contribution in [1.29, 1.82) is 5.26 Å². The van der Waals surface area contributed by atoms with E-state index >= 15 is 0 Å². The maximum absolute atomic E-state index is 8.57. The summed E-state index contributed by atoms with van der Waals surface area (Å²) in [5, 5.41) is 8.57. The Morgan fingerprint density at radius 2 is 1.90 bits per heavy atom. The van der Waals surface area contributed by atoms with Gasteiger partial charge in [0.05, 0.1) is 6.07 Å². The highest BCUT2D eigenvalue weighted by molar-refractivity contribution is 4.86. The van der Waals surface area contributed by atoms with Crippen LogP contribution in [0.5, 0.6) is 0 Å². The number of hydrogen-bond donors (Lipinski definition) is 1.